The van der Waals surface area contributed by atoms with Gasteiger partial charge in [-0.05, 0) is 97.1 Å². The van der Waals surface area contributed by atoms with Gasteiger partial charge in [-0.2, -0.15) is 0 Å². The summed E-state index contributed by atoms with van der Waals surface area (Å²) in [5.74, 6) is 5.33. The Hall–Kier alpha value is -6.86. The van der Waals surface area contributed by atoms with Crippen LogP contribution in [0.5, 0.6) is 0 Å². The number of hydrogen-bond acceptors (Lipinski definition) is 6. The van der Waals surface area contributed by atoms with Crippen LogP contribution in [0.15, 0.2) is 122 Å². The number of amides is 4. The van der Waals surface area contributed by atoms with Crippen LogP contribution in [0.1, 0.15) is 57.8 Å². The van der Waals surface area contributed by atoms with Crippen LogP contribution in [0.2, 0.25) is 0 Å². The van der Waals surface area contributed by atoms with E-state index in [-0.39, 0.29) is 23.6 Å². The molecule has 266 valence electrons. The van der Waals surface area contributed by atoms with Crippen molar-refractivity contribution in [2.45, 2.75) is 37.8 Å². The van der Waals surface area contributed by atoms with Crippen LogP contribution in [0, 0.1) is 11.8 Å². The number of carbonyl (C=O) groups excluding carboxylic acids is 4. The van der Waals surface area contributed by atoms with Gasteiger partial charge in [0.15, 0.2) is 0 Å². The molecule has 0 unspecified atom stereocenters. The highest BCUT2D eigenvalue weighted by molar-refractivity contribution is 6.08. The third-order valence-electron chi connectivity index (χ3n) is 10.0. The Bertz CT molecular complexity index is 2290. The van der Waals surface area contributed by atoms with E-state index in [1.54, 1.807) is 46.5 Å². The van der Waals surface area contributed by atoms with E-state index in [1.165, 1.54) is 0 Å². The number of benzene rings is 4. The predicted molar refractivity (Wildman–Crippen MR) is 208 cm³/mol. The molecular formula is C44H36N6O4. The van der Waals surface area contributed by atoms with Gasteiger partial charge in [0.2, 0.25) is 11.8 Å². The molecule has 0 spiro atoms. The van der Waals surface area contributed by atoms with Gasteiger partial charge >= 0.3 is 0 Å². The summed E-state index contributed by atoms with van der Waals surface area (Å²) < 4.78 is 0. The fraction of sp³-hybridized carbons (Fsp3) is 0.182. The van der Waals surface area contributed by atoms with Gasteiger partial charge in [-0.25, -0.2) is 0 Å². The predicted octanol–water partition coefficient (Wildman–Crippen LogP) is 6.67. The molecule has 4 amide bonds. The van der Waals surface area contributed by atoms with Crippen molar-refractivity contribution >= 4 is 56.5 Å². The zero-order valence-electron chi connectivity index (χ0n) is 29.4. The number of nitrogens with zero attached hydrogens (tertiary/aromatic N) is 4. The van der Waals surface area contributed by atoms with E-state index in [9.17, 15) is 19.2 Å². The fourth-order valence-electron chi connectivity index (χ4n) is 7.29. The second-order valence-electron chi connectivity index (χ2n) is 13.5. The smallest absolute Gasteiger partial charge is 0.273 e. The van der Waals surface area contributed by atoms with Crippen molar-refractivity contribution in [2.24, 2.45) is 0 Å². The Morgan fingerprint density at radius 1 is 0.537 bits per heavy atom. The summed E-state index contributed by atoms with van der Waals surface area (Å²) in [5.41, 5.74) is 3.46. The van der Waals surface area contributed by atoms with E-state index in [4.69, 9.17) is 0 Å². The summed E-state index contributed by atoms with van der Waals surface area (Å²) in [7, 11) is 0. The molecule has 0 radical (unpaired) electrons. The van der Waals surface area contributed by atoms with Crippen molar-refractivity contribution in [2.75, 3.05) is 23.7 Å². The monoisotopic (exact) mass is 712 g/mol. The number of pyridine rings is 2. The van der Waals surface area contributed by atoms with Crippen LogP contribution in [-0.2, 0) is 9.59 Å². The highest BCUT2D eigenvalue weighted by Gasteiger charge is 2.37. The van der Waals surface area contributed by atoms with Crippen LogP contribution in [0.4, 0.5) is 11.4 Å². The molecule has 2 aliphatic rings. The first-order chi connectivity index (χ1) is 26.4. The fourth-order valence-corrected chi connectivity index (χ4v) is 7.29. The minimum atomic E-state index is -0.586. The molecule has 4 aromatic carbocycles. The van der Waals surface area contributed by atoms with Crippen molar-refractivity contribution in [1.82, 2.24) is 19.8 Å². The number of likely N-dealkylation sites (tertiary alicyclic amines) is 2. The summed E-state index contributed by atoms with van der Waals surface area (Å²) >= 11 is 0. The molecule has 0 saturated carbocycles. The first-order valence-electron chi connectivity index (χ1n) is 18.1. The lowest BCUT2D eigenvalue weighted by atomic mass is 10.1. The quantitative estimate of drug-likeness (QED) is 0.186. The molecule has 2 aliphatic heterocycles. The number of rotatable bonds is 6. The molecule has 0 aliphatic carbocycles. The lowest BCUT2D eigenvalue weighted by molar-refractivity contribution is -0.120. The number of aromatic nitrogens is 2. The van der Waals surface area contributed by atoms with Crippen molar-refractivity contribution in [3.05, 3.63) is 144 Å². The van der Waals surface area contributed by atoms with Crippen LogP contribution in [0.25, 0.3) is 21.5 Å². The Balaban J connectivity index is 0.867. The van der Waals surface area contributed by atoms with Gasteiger partial charge in [0.25, 0.3) is 11.8 Å². The van der Waals surface area contributed by atoms with Crippen molar-refractivity contribution in [3.8, 4) is 11.8 Å². The van der Waals surface area contributed by atoms with Gasteiger partial charge in [-0.15, -0.1) is 0 Å². The minimum Gasteiger partial charge on any atom is -0.325 e. The van der Waals surface area contributed by atoms with Crippen molar-refractivity contribution in [1.29, 1.82) is 0 Å². The number of hydrogen-bond donors (Lipinski definition) is 2. The number of nitrogens with one attached hydrogen (secondary N) is 2. The molecule has 2 atom stereocenters. The molecule has 2 saturated heterocycles. The molecular weight excluding hydrogens is 677 g/mol. The second kappa shape index (κ2) is 15.0. The first-order valence-corrected chi connectivity index (χ1v) is 18.1. The Labute approximate surface area is 312 Å². The van der Waals surface area contributed by atoms with Crippen LogP contribution >= 0.6 is 0 Å². The maximum absolute atomic E-state index is 13.5. The molecule has 0 bridgehead atoms. The maximum Gasteiger partial charge on any atom is 0.273 e. The van der Waals surface area contributed by atoms with Gasteiger partial charge in [0.05, 0.1) is 0 Å². The molecule has 2 aromatic heterocycles. The summed E-state index contributed by atoms with van der Waals surface area (Å²) in [4.78, 5) is 65.7. The molecule has 2 N–H and O–H groups in total. The van der Waals surface area contributed by atoms with E-state index >= 15 is 0 Å². The molecule has 10 heteroatoms. The van der Waals surface area contributed by atoms with E-state index in [0.29, 0.717) is 48.7 Å². The van der Waals surface area contributed by atoms with E-state index in [2.05, 4.69) is 32.4 Å². The molecule has 54 heavy (non-hydrogen) atoms. The SMILES string of the molecule is O=C(Nc1ccc(C#Cc2ccc(NC(=O)[C@@H]3CCCN3C(=O)c3nccc4ccccc34)cc2)cc1)[C@H]1CCCN1C(=O)c1nccc2ccccc12. The van der Waals surface area contributed by atoms with Crippen LogP contribution < -0.4 is 10.6 Å². The van der Waals surface area contributed by atoms with Gasteiger partial charge in [0.1, 0.15) is 23.5 Å². The minimum absolute atomic E-state index is 0.235. The Morgan fingerprint density at radius 3 is 1.37 bits per heavy atom. The zero-order chi connectivity index (χ0) is 37.0. The lowest BCUT2D eigenvalue weighted by Gasteiger charge is -2.24. The van der Waals surface area contributed by atoms with Gasteiger partial charge in [0, 0.05) is 58.8 Å². The summed E-state index contributed by atoms with van der Waals surface area (Å²) in [6, 6.07) is 32.3. The van der Waals surface area contributed by atoms with Gasteiger partial charge in [-0.1, -0.05) is 60.4 Å². The van der Waals surface area contributed by atoms with Crippen LogP contribution in [0.3, 0.4) is 0 Å². The number of fused-ring (bicyclic) bond motifs is 2. The largest absolute Gasteiger partial charge is 0.325 e. The molecule has 2 fully saturated rings. The second-order valence-corrected chi connectivity index (χ2v) is 13.5. The van der Waals surface area contributed by atoms with E-state index < -0.39 is 12.1 Å². The number of anilines is 2. The number of carbonyl (C=O) groups is 4. The first kappa shape index (κ1) is 34.2. The Kier molecular flexibility index (Phi) is 9.52. The van der Waals surface area contributed by atoms with Gasteiger partial charge < -0.3 is 20.4 Å². The van der Waals surface area contributed by atoms with Crippen molar-refractivity contribution < 1.29 is 19.2 Å². The Morgan fingerprint density at radius 2 is 0.944 bits per heavy atom. The summed E-state index contributed by atoms with van der Waals surface area (Å²) in [6.45, 7) is 0.989. The zero-order valence-corrected chi connectivity index (χ0v) is 29.4. The van der Waals surface area contributed by atoms with E-state index in [1.807, 2.05) is 84.9 Å². The summed E-state index contributed by atoms with van der Waals surface area (Å²) in [5, 5.41) is 9.33. The third kappa shape index (κ3) is 6.99. The average Bonchev–Trinajstić information content (AvgIpc) is 3.92. The molecule has 4 heterocycles. The standard InChI is InChI=1S/C44H36N6O4/c51-41(37-11-5-27-49(37)43(53)39-35-9-3-1-7-31(35)23-25-45-39)47-33-19-15-29(16-20-33)13-14-30-17-21-34(22-18-30)48-42(52)38-12-6-28-50(38)44(54)40-36-10-4-2-8-32(36)24-26-46-40/h1-4,7-10,15-26,37-38H,5-6,11-12,27-28H2,(H,47,51)(H,48,52)/t37-,38+. The van der Waals surface area contributed by atoms with Gasteiger partial charge in [-0.3, -0.25) is 29.1 Å². The maximum atomic E-state index is 13.5. The average molecular weight is 713 g/mol. The van der Waals surface area contributed by atoms with E-state index in [0.717, 1.165) is 45.5 Å². The highest BCUT2D eigenvalue weighted by atomic mass is 16.2. The molecule has 6 aromatic rings. The third-order valence-corrected chi connectivity index (χ3v) is 10.0. The lowest BCUT2D eigenvalue weighted by Crippen LogP contribution is -2.43. The summed E-state index contributed by atoms with van der Waals surface area (Å²) in [6.07, 6.45) is 5.89. The normalized spacial score (nSPS) is 16.5. The van der Waals surface area contributed by atoms with Crippen molar-refractivity contribution in [3.63, 3.8) is 0 Å². The molecule has 10 nitrogen and oxygen atoms in total. The topological polar surface area (TPSA) is 125 Å². The molecule has 8 rings (SSSR count). The van der Waals surface area contributed by atoms with Crippen LogP contribution in [-0.4, -0.2) is 68.6 Å². The highest BCUT2D eigenvalue weighted by Crippen LogP contribution is 2.26.